The lowest BCUT2D eigenvalue weighted by Crippen LogP contribution is -2.44. The highest BCUT2D eigenvalue weighted by Crippen LogP contribution is 2.35. The monoisotopic (exact) mass is 468 g/mol. The van der Waals surface area contributed by atoms with E-state index in [1.807, 2.05) is 13.8 Å². The van der Waals surface area contributed by atoms with Crippen LogP contribution >= 0.6 is 11.3 Å². The second kappa shape index (κ2) is 8.61. The third-order valence-electron chi connectivity index (χ3n) is 5.90. The molecular formula is C20H28N4O5S2. The molecule has 2 saturated heterocycles. The fourth-order valence-electron chi connectivity index (χ4n) is 4.53. The molecule has 4 heterocycles. The molecule has 4 rings (SSSR count). The summed E-state index contributed by atoms with van der Waals surface area (Å²) in [5.41, 5.74) is -0.493. The summed E-state index contributed by atoms with van der Waals surface area (Å²) in [6.07, 6.45) is 2.31. The maximum absolute atomic E-state index is 13.6. The summed E-state index contributed by atoms with van der Waals surface area (Å²) >= 11 is 1.20. The van der Waals surface area contributed by atoms with Gasteiger partial charge < -0.3 is 9.64 Å². The number of aryl methyl sites for hydroxylation is 1. The normalized spacial score (nSPS) is 23.4. The maximum Gasteiger partial charge on any atom is 0.263 e. The number of sulfonamides is 1. The van der Waals surface area contributed by atoms with Crippen molar-refractivity contribution in [3.63, 3.8) is 0 Å². The van der Waals surface area contributed by atoms with E-state index in [2.05, 4.69) is 4.98 Å². The highest BCUT2D eigenvalue weighted by atomic mass is 32.2. The van der Waals surface area contributed by atoms with Gasteiger partial charge in [0, 0.05) is 31.1 Å². The van der Waals surface area contributed by atoms with Gasteiger partial charge in [0.1, 0.15) is 16.3 Å². The third kappa shape index (κ3) is 4.28. The zero-order valence-corrected chi connectivity index (χ0v) is 19.7. The smallest absolute Gasteiger partial charge is 0.263 e. The molecule has 2 fully saturated rings. The molecule has 31 heavy (non-hydrogen) atoms. The molecule has 2 aliphatic rings. The Morgan fingerprint density at radius 3 is 2.52 bits per heavy atom. The molecule has 0 aliphatic carbocycles. The van der Waals surface area contributed by atoms with Gasteiger partial charge in [0.15, 0.2) is 0 Å². The zero-order valence-electron chi connectivity index (χ0n) is 18.0. The predicted octanol–water partition coefficient (Wildman–Crippen LogP) is 1.29. The number of ether oxygens (including phenoxy) is 1. The molecule has 9 nitrogen and oxygen atoms in total. The maximum atomic E-state index is 13.6. The number of rotatable bonds is 4. The molecule has 2 aromatic rings. The van der Waals surface area contributed by atoms with E-state index in [1.54, 1.807) is 11.8 Å². The molecule has 0 spiro atoms. The molecule has 11 heteroatoms. The first-order chi connectivity index (χ1) is 14.7. The van der Waals surface area contributed by atoms with Crippen LogP contribution in [0, 0.1) is 18.8 Å². The Bertz CT molecular complexity index is 1140. The van der Waals surface area contributed by atoms with Gasteiger partial charge >= 0.3 is 0 Å². The van der Waals surface area contributed by atoms with Crippen LogP contribution < -0.4 is 5.56 Å². The second-order valence-corrected chi connectivity index (χ2v) is 11.7. The second-order valence-electron chi connectivity index (χ2n) is 8.61. The van der Waals surface area contributed by atoms with Crippen LogP contribution in [0.5, 0.6) is 0 Å². The minimum Gasteiger partial charge on any atom is -0.378 e. The summed E-state index contributed by atoms with van der Waals surface area (Å²) < 4.78 is 35.1. The van der Waals surface area contributed by atoms with Crippen LogP contribution in [0.4, 0.5) is 0 Å². The Kier molecular flexibility index (Phi) is 6.21. The number of amides is 1. The Hall–Kier alpha value is -1.82. The van der Waals surface area contributed by atoms with Gasteiger partial charge in [-0.25, -0.2) is 13.4 Å². The van der Waals surface area contributed by atoms with E-state index >= 15 is 0 Å². The molecule has 0 N–H and O–H groups in total. The van der Waals surface area contributed by atoms with Gasteiger partial charge in [-0.15, -0.1) is 11.3 Å². The molecular weight excluding hydrogens is 440 g/mol. The van der Waals surface area contributed by atoms with Gasteiger partial charge in [-0.2, -0.15) is 4.31 Å². The minimum atomic E-state index is -3.85. The van der Waals surface area contributed by atoms with Gasteiger partial charge in [0.05, 0.1) is 24.9 Å². The number of carbonyl (C=O) groups is 1. The number of fused-ring (bicyclic) bond motifs is 1. The van der Waals surface area contributed by atoms with Crippen LogP contribution in [-0.4, -0.2) is 72.5 Å². The third-order valence-corrected chi connectivity index (χ3v) is 9.05. The fraction of sp³-hybridized carbons (Fsp3) is 0.650. The predicted molar refractivity (Wildman–Crippen MR) is 118 cm³/mol. The lowest BCUT2D eigenvalue weighted by molar-refractivity contribution is -0.135. The molecule has 2 aromatic heterocycles. The van der Waals surface area contributed by atoms with Crippen LogP contribution in [0.3, 0.4) is 0 Å². The van der Waals surface area contributed by atoms with Crippen molar-refractivity contribution in [2.75, 3.05) is 39.4 Å². The van der Waals surface area contributed by atoms with E-state index < -0.39 is 15.6 Å². The quantitative estimate of drug-likeness (QED) is 0.670. The highest BCUT2D eigenvalue weighted by Gasteiger charge is 2.36. The zero-order chi connectivity index (χ0) is 22.3. The van der Waals surface area contributed by atoms with E-state index in [1.165, 1.54) is 26.5 Å². The van der Waals surface area contributed by atoms with Gasteiger partial charge in [0.2, 0.25) is 15.9 Å². The molecule has 0 radical (unpaired) electrons. The van der Waals surface area contributed by atoms with Crippen molar-refractivity contribution in [2.45, 2.75) is 38.6 Å². The number of piperidine rings is 1. The van der Waals surface area contributed by atoms with Gasteiger partial charge in [-0.05, 0) is 25.2 Å². The summed E-state index contributed by atoms with van der Waals surface area (Å²) in [6.45, 7) is 8.39. The largest absolute Gasteiger partial charge is 0.378 e. The molecule has 170 valence electrons. The first-order valence-electron chi connectivity index (χ1n) is 10.5. The first kappa shape index (κ1) is 22.4. The topological polar surface area (TPSA) is 102 Å². The average Bonchev–Trinajstić information content (AvgIpc) is 3.07. The number of hydrogen-bond acceptors (Lipinski definition) is 7. The standard InChI is InChI=1S/C20H28N4O5S2/c1-13-8-14(2)10-24(9-13)31(27,28)18-15(3)30-19-17(18)20(26)23(12-21-19)11-16(25)22-4-6-29-7-5-22/h12-14H,4-11H2,1-3H3/t13-,14-/m1/s1. The number of nitrogens with zero attached hydrogens (tertiary/aromatic N) is 4. The number of thiophene rings is 1. The Balaban J connectivity index is 1.73. The van der Waals surface area contributed by atoms with Crippen molar-refractivity contribution >= 4 is 37.5 Å². The molecule has 0 aromatic carbocycles. The Morgan fingerprint density at radius 2 is 1.87 bits per heavy atom. The molecule has 1 amide bonds. The van der Waals surface area contributed by atoms with E-state index in [4.69, 9.17) is 4.74 Å². The number of morpholine rings is 1. The molecule has 0 bridgehead atoms. The van der Waals surface area contributed by atoms with Crippen molar-refractivity contribution in [3.8, 4) is 0 Å². The SMILES string of the molecule is Cc1sc2ncn(CC(=O)N3CCOCC3)c(=O)c2c1S(=O)(=O)N1C[C@H](C)C[C@@H](C)C1. The van der Waals surface area contributed by atoms with Gasteiger partial charge in [-0.1, -0.05) is 13.8 Å². The summed E-state index contributed by atoms with van der Waals surface area (Å²) in [5, 5.41) is 0.0886. The first-order valence-corrected chi connectivity index (χ1v) is 12.8. The van der Waals surface area contributed by atoms with E-state index in [9.17, 15) is 18.0 Å². The molecule has 0 saturated carbocycles. The number of carbonyl (C=O) groups excluding carboxylic acids is 1. The van der Waals surface area contributed by atoms with Crippen molar-refractivity contribution < 1.29 is 17.9 Å². The van der Waals surface area contributed by atoms with Crippen LogP contribution in [0.25, 0.3) is 10.2 Å². The highest BCUT2D eigenvalue weighted by molar-refractivity contribution is 7.89. The van der Waals surface area contributed by atoms with Crippen LogP contribution in [0.15, 0.2) is 16.0 Å². The van der Waals surface area contributed by atoms with Crippen LogP contribution in [0.2, 0.25) is 0 Å². The number of hydrogen-bond donors (Lipinski definition) is 0. The summed E-state index contributed by atoms with van der Waals surface area (Å²) in [7, 11) is -3.85. The lowest BCUT2D eigenvalue weighted by atomic mass is 9.94. The van der Waals surface area contributed by atoms with Gasteiger partial charge in [-0.3, -0.25) is 14.2 Å². The summed E-state index contributed by atoms with van der Waals surface area (Å²) in [6, 6.07) is 0. The van der Waals surface area contributed by atoms with Crippen LogP contribution in [-0.2, 0) is 26.1 Å². The Labute approximate surface area is 185 Å². The average molecular weight is 469 g/mol. The van der Waals surface area contributed by atoms with E-state index in [0.29, 0.717) is 49.1 Å². The molecule has 0 unspecified atom stereocenters. The molecule has 2 aliphatic heterocycles. The van der Waals surface area contributed by atoms with Gasteiger partial charge in [0.25, 0.3) is 5.56 Å². The van der Waals surface area contributed by atoms with Crippen molar-refractivity contribution in [3.05, 3.63) is 21.6 Å². The number of aromatic nitrogens is 2. The van der Waals surface area contributed by atoms with Crippen molar-refractivity contribution in [1.82, 2.24) is 18.8 Å². The van der Waals surface area contributed by atoms with Crippen molar-refractivity contribution in [2.24, 2.45) is 11.8 Å². The molecule has 2 atom stereocenters. The fourth-order valence-corrected chi connectivity index (χ4v) is 7.87. The van der Waals surface area contributed by atoms with Crippen LogP contribution in [0.1, 0.15) is 25.1 Å². The van der Waals surface area contributed by atoms with E-state index in [0.717, 1.165) is 6.42 Å². The Morgan fingerprint density at radius 1 is 1.23 bits per heavy atom. The van der Waals surface area contributed by atoms with Crippen molar-refractivity contribution in [1.29, 1.82) is 0 Å². The summed E-state index contributed by atoms with van der Waals surface area (Å²) in [5.74, 6) is 0.302. The summed E-state index contributed by atoms with van der Waals surface area (Å²) in [4.78, 5) is 32.8. The minimum absolute atomic E-state index is 0.0412. The lowest BCUT2D eigenvalue weighted by Gasteiger charge is -2.34. The van der Waals surface area contributed by atoms with E-state index in [-0.39, 0.29) is 34.6 Å².